The van der Waals surface area contributed by atoms with Crippen LogP contribution in [0.3, 0.4) is 0 Å². The third kappa shape index (κ3) is 4.29. The van der Waals surface area contributed by atoms with E-state index in [2.05, 4.69) is 10.3 Å². The minimum absolute atomic E-state index is 0.0410. The maximum absolute atomic E-state index is 12.1. The molecule has 1 atom stereocenters. The van der Waals surface area contributed by atoms with Gasteiger partial charge >= 0.3 is 5.97 Å². The Morgan fingerprint density at radius 2 is 1.96 bits per heavy atom. The molecular formula is C17H17ClN2O3. The first kappa shape index (κ1) is 17.0. The normalized spacial score (nSPS) is 11.7. The number of nitrogens with one attached hydrogen (secondary N) is 1. The number of amides is 1. The van der Waals surface area contributed by atoms with Gasteiger partial charge < -0.3 is 10.1 Å². The number of esters is 1. The van der Waals surface area contributed by atoms with Gasteiger partial charge in [0, 0.05) is 11.9 Å². The van der Waals surface area contributed by atoms with E-state index in [1.165, 1.54) is 19.2 Å². The summed E-state index contributed by atoms with van der Waals surface area (Å²) in [6, 6.07) is 8.64. The largest absolute Gasteiger partial charge is 0.449 e. The number of carbonyl (C=O) groups excluding carboxylic acids is 2. The van der Waals surface area contributed by atoms with Crippen molar-refractivity contribution in [3.8, 4) is 0 Å². The number of anilines is 1. The van der Waals surface area contributed by atoms with Crippen LogP contribution in [0.25, 0.3) is 0 Å². The lowest BCUT2D eigenvalue weighted by atomic mass is 10.1. The average molecular weight is 333 g/mol. The zero-order chi connectivity index (χ0) is 17.0. The van der Waals surface area contributed by atoms with Crippen LogP contribution in [0, 0.1) is 13.8 Å². The van der Waals surface area contributed by atoms with Crippen molar-refractivity contribution in [3.05, 3.63) is 58.4 Å². The molecule has 1 heterocycles. The SMILES string of the molecule is Cc1ccc(NC(=O)C(C)OC(=O)c2cccnc2Cl)cc1C. The molecule has 0 radical (unpaired) electrons. The number of carbonyl (C=O) groups is 2. The summed E-state index contributed by atoms with van der Waals surface area (Å²) < 4.78 is 5.13. The van der Waals surface area contributed by atoms with E-state index in [9.17, 15) is 9.59 Å². The molecule has 2 rings (SSSR count). The highest BCUT2D eigenvalue weighted by molar-refractivity contribution is 6.32. The molecule has 0 aliphatic carbocycles. The Morgan fingerprint density at radius 1 is 1.22 bits per heavy atom. The molecule has 0 spiro atoms. The van der Waals surface area contributed by atoms with Crippen LogP contribution in [0.4, 0.5) is 5.69 Å². The van der Waals surface area contributed by atoms with Gasteiger partial charge in [0.25, 0.3) is 5.91 Å². The number of hydrogen-bond acceptors (Lipinski definition) is 4. The summed E-state index contributed by atoms with van der Waals surface area (Å²) in [6.45, 7) is 5.44. The number of ether oxygens (including phenoxy) is 1. The second kappa shape index (κ2) is 7.24. The van der Waals surface area contributed by atoms with Gasteiger partial charge in [-0.25, -0.2) is 9.78 Å². The molecule has 5 nitrogen and oxygen atoms in total. The van der Waals surface area contributed by atoms with Crippen LogP contribution in [-0.2, 0) is 9.53 Å². The first-order chi connectivity index (χ1) is 10.9. The molecular weight excluding hydrogens is 316 g/mol. The maximum Gasteiger partial charge on any atom is 0.342 e. The lowest BCUT2D eigenvalue weighted by molar-refractivity contribution is -0.123. The number of rotatable bonds is 4. The van der Waals surface area contributed by atoms with Crippen LogP contribution < -0.4 is 5.32 Å². The molecule has 0 bridgehead atoms. The van der Waals surface area contributed by atoms with Gasteiger partial charge in [-0.2, -0.15) is 0 Å². The second-order valence-electron chi connectivity index (χ2n) is 5.18. The van der Waals surface area contributed by atoms with Crippen molar-refractivity contribution >= 4 is 29.2 Å². The third-order valence-electron chi connectivity index (χ3n) is 3.41. The van der Waals surface area contributed by atoms with Gasteiger partial charge in [-0.1, -0.05) is 17.7 Å². The Labute approximate surface area is 139 Å². The summed E-state index contributed by atoms with van der Waals surface area (Å²) in [7, 11) is 0. The fourth-order valence-corrected chi connectivity index (χ4v) is 2.08. The monoisotopic (exact) mass is 332 g/mol. The smallest absolute Gasteiger partial charge is 0.342 e. The number of aromatic nitrogens is 1. The van der Waals surface area contributed by atoms with Crippen molar-refractivity contribution in [2.45, 2.75) is 26.9 Å². The van der Waals surface area contributed by atoms with E-state index in [0.29, 0.717) is 5.69 Å². The molecule has 1 N–H and O–H groups in total. The Kier molecular flexibility index (Phi) is 5.34. The van der Waals surface area contributed by atoms with Crippen LogP contribution >= 0.6 is 11.6 Å². The van der Waals surface area contributed by atoms with Gasteiger partial charge in [-0.05, 0) is 56.2 Å². The van der Waals surface area contributed by atoms with Crippen LogP contribution in [-0.4, -0.2) is 23.0 Å². The Balaban J connectivity index is 2.01. The number of halogens is 1. The molecule has 0 aliphatic rings. The minimum atomic E-state index is -0.958. The van der Waals surface area contributed by atoms with Crippen molar-refractivity contribution in [3.63, 3.8) is 0 Å². The highest BCUT2D eigenvalue weighted by atomic mass is 35.5. The zero-order valence-corrected chi connectivity index (χ0v) is 13.8. The summed E-state index contributed by atoms with van der Waals surface area (Å²) in [5.74, 6) is -1.10. The van der Waals surface area contributed by atoms with E-state index in [1.807, 2.05) is 26.0 Å². The summed E-state index contributed by atoms with van der Waals surface area (Å²) >= 11 is 5.83. The third-order valence-corrected chi connectivity index (χ3v) is 3.71. The molecule has 6 heteroatoms. The predicted molar refractivity (Wildman–Crippen MR) is 88.7 cm³/mol. The highest BCUT2D eigenvalue weighted by Gasteiger charge is 2.21. The van der Waals surface area contributed by atoms with Crippen molar-refractivity contribution in [2.75, 3.05) is 5.32 Å². The molecule has 1 aromatic carbocycles. The summed E-state index contributed by atoms with van der Waals surface area (Å²) in [5.41, 5.74) is 2.98. The standard InChI is InChI=1S/C17H17ClN2O3/c1-10-6-7-13(9-11(10)2)20-16(21)12(3)23-17(22)14-5-4-8-19-15(14)18/h4-9,12H,1-3H3,(H,20,21). The topological polar surface area (TPSA) is 68.3 Å². The highest BCUT2D eigenvalue weighted by Crippen LogP contribution is 2.16. The fraction of sp³-hybridized carbons (Fsp3) is 0.235. The van der Waals surface area contributed by atoms with Gasteiger partial charge in [-0.3, -0.25) is 4.79 Å². The zero-order valence-electron chi connectivity index (χ0n) is 13.1. The van der Waals surface area contributed by atoms with E-state index in [-0.39, 0.29) is 10.7 Å². The Morgan fingerprint density at radius 3 is 2.61 bits per heavy atom. The van der Waals surface area contributed by atoms with E-state index in [0.717, 1.165) is 11.1 Å². The van der Waals surface area contributed by atoms with E-state index in [1.54, 1.807) is 12.1 Å². The Hall–Kier alpha value is -2.40. The minimum Gasteiger partial charge on any atom is -0.449 e. The molecule has 0 saturated heterocycles. The molecule has 1 unspecified atom stereocenters. The molecule has 0 aliphatic heterocycles. The van der Waals surface area contributed by atoms with Crippen molar-refractivity contribution in [1.29, 1.82) is 0 Å². The van der Waals surface area contributed by atoms with Crippen LogP contribution in [0.15, 0.2) is 36.5 Å². The lowest BCUT2D eigenvalue weighted by Crippen LogP contribution is -2.30. The van der Waals surface area contributed by atoms with Gasteiger partial charge in [0.15, 0.2) is 6.10 Å². The lowest BCUT2D eigenvalue weighted by Gasteiger charge is -2.14. The first-order valence-corrected chi connectivity index (χ1v) is 7.46. The second-order valence-corrected chi connectivity index (χ2v) is 5.54. The van der Waals surface area contributed by atoms with Crippen LogP contribution in [0.2, 0.25) is 5.15 Å². The molecule has 120 valence electrons. The number of nitrogens with zero attached hydrogens (tertiary/aromatic N) is 1. The van der Waals surface area contributed by atoms with Gasteiger partial charge in [0.05, 0.1) is 5.56 Å². The quantitative estimate of drug-likeness (QED) is 0.687. The van der Waals surface area contributed by atoms with Gasteiger partial charge in [0.2, 0.25) is 0 Å². The van der Waals surface area contributed by atoms with Crippen LogP contribution in [0.5, 0.6) is 0 Å². The van der Waals surface area contributed by atoms with Crippen LogP contribution in [0.1, 0.15) is 28.4 Å². The van der Waals surface area contributed by atoms with Crippen molar-refractivity contribution in [2.24, 2.45) is 0 Å². The molecule has 1 amide bonds. The number of hydrogen-bond donors (Lipinski definition) is 1. The van der Waals surface area contributed by atoms with Crippen molar-refractivity contribution in [1.82, 2.24) is 4.98 Å². The molecule has 0 fully saturated rings. The van der Waals surface area contributed by atoms with Gasteiger partial charge in [0.1, 0.15) is 5.15 Å². The number of benzene rings is 1. The fourth-order valence-electron chi connectivity index (χ4n) is 1.88. The molecule has 0 saturated carbocycles. The van der Waals surface area contributed by atoms with Crippen molar-refractivity contribution < 1.29 is 14.3 Å². The predicted octanol–water partition coefficient (Wildman–Crippen LogP) is 3.54. The Bertz CT molecular complexity index is 746. The first-order valence-electron chi connectivity index (χ1n) is 7.08. The van der Waals surface area contributed by atoms with E-state index < -0.39 is 18.0 Å². The van der Waals surface area contributed by atoms with E-state index in [4.69, 9.17) is 16.3 Å². The molecule has 23 heavy (non-hydrogen) atoms. The summed E-state index contributed by atoms with van der Waals surface area (Å²) in [4.78, 5) is 27.9. The van der Waals surface area contributed by atoms with E-state index >= 15 is 0 Å². The number of pyridine rings is 1. The van der Waals surface area contributed by atoms with Gasteiger partial charge in [-0.15, -0.1) is 0 Å². The number of aryl methyl sites for hydroxylation is 2. The maximum atomic E-state index is 12.1. The average Bonchev–Trinajstić information content (AvgIpc) is 2.51. The summed E-state index contributed by atoms with van der Waals surface area (Å²) in [5, 5.41) is 2.76. The summed E-state index contributed by atoms with van der Waals surface area (Å²) in [6.07, 6.45) is 0.509. The molecule has 2 aromatic rings. The molecule has 1 aromatic heterocycles.